The minimum Gasteiger partial charge on any atom is -0.497 e. The fourth-order valence-electron chi connectivity index (χ4n) is 0.225. The third-order valence-electron chi connectivity index (χ3n) is 0.585. The fraction of sp³-hybridized carbons (Fsp3) is 0. The number of aliphatic hydroxyl groups excluding tert-OH is 2. The largest absolute Gasteiger partial charge is 0.497 e. The van der Waals surface area contributed by atoms with E-state index < -0.39 is 17.7 Å². The SMILES string of the molecule is O=C1OC(O)=C1O. The van der Waals surface area contributed by atoms with Gasteiger partial charge in [-0.05, 0) is 0 Å². The Balaban J connectivity index is 2.85. The molecule has 1 aliphatic heterocycles. The van der Waals surface area contributed by atoms with Crippen molar-refractivity contribution in [3.8, 4) is 0 Å². The van der Waals surface area contributed by atoms with Gasteiger partial charge in [-0.2, -0.15) is 0 Å². The van der Waals surface area contributed by atoms with Gasteiger partial charge in [-0.3, -0.25) is 0 Å². The van der Waals surface area contributed by atoms with Gasteiger partial charge in [0.2, 0.25) is 0 Å². The zero-order chi connectivity index (χ0) is 5.44. The molecule has 0 amide bonds. The molecule has 7 heavy (non-hydrogen) atoms. The van der Waals surface area contributed by atoms with Gasteiger partial charge in [-0.1, -0.05) is 0 Å². The number of aliphatic hydroxyl groups is 2. The van der Waals surface area contributed by atoms with Gasteiger partial charge >= 0.3 is 11.9 Å². The predicted molar refractivity (Wildman–Crippen MR) is 18.4 cm³/mol. The van der Waals surface area contributed by atoms with E-state index in [-0.39, 0.29) is 0 Å². The molecule has 0 aliphatic carbocycles. The quantitative estimate of drug-likeness (QED) is 0.416. The van der Waals surface area contributed by atoms with E-state index in [0.717, 1.165) is 0 Å². The van der Waals surface area contributed by atoms with Crippen LogP contribution in [0.15, 0.2) is 11.7 Å². The summed E-state index contributed by atoms with van der Waals surface area (Å²) in [5.41, 5.74) is 0. The van der Waals surface area contributed by atoms with Crippen molar-refractivity contribution in [2.75, 3.05) is 0 Å². The van der Waals surface area contributed by atoms with Gasteiger partial charge in [0.25, 0.3) is 5.76 Å². The molecular weight excluding hydrogens is 100 g/mol. The van der Waals surface area contributed by atoms with Gasteiger partial charge in [0.15, 0.2) is 0 Å². The van der Waals surface area contributed by atoms with Gasteiger partial charge in [0.1, 0.15) is 0 Å². The summed E-state index contributed by atoms with van der Waals surface area (Å²) in [6, 6.07) is 0. The van der Waals surface area contributed by atoms with Gasteiger partial charge in [-0.15, -0.1) is 0 Å². The van der Waals surface area contributed by atoms with Crippen LogP contribution in [0.3, 0.4) is 0 Å². The Hall–Kier alpha value is -1.19. The number of ether oxygens (including phenoxy) is 1. The molecule has 0 unspecified atom stereocenters. The van der Waals surface area contributed by atoms with Gasteiger partial charge in [-0.25, -0.2) is 4.79 Å². The van der Waals surface area contributed by atoms with Gasteiger partial charge in [0.05, 0.1) is 0 Å². The highest BCUT2D eigenvalue weighted by Crippen LogP contribution is 2.12. The Labute approximate surface area is 38.6 Å². The van der Waals surface area contributed by atoms with Crippen molar-refractivity contribution >= 4 is 5.97 Å². The number of hydrogen-bond donors (Lipinski definition) is 2. The first-order valence-electron chi connectivity index (χ1n) is 1.56. The maximum absolute atomic E-state index is 9.75. The van der Waals surface area contributed by atoms with E-state index in [1.165, 1.54) is 0 Å². The van der Waals surface area contributed by atoms with E-state index in [1.54, 1.807) is 0 Å². The molecule has 0 fully saturated rings. The number of carbonyl (C=O) groups excluding carboxylic acids is 1. The summed E-state index contributed by atoms with van der Waals surface area (Å²) >= 11 is 0. The van der Waals surface area contributed by atoms with Crippen molar-refractivity contribution in [1.29, 1.82) is 0 Å². The Morgan fingerprint density at radius 3 is 2.00 bits per heavy atom. The molecule has 1 aliphatic rings. The lowest BCUT2D eigenvalue weighted by Gasteiger charge is -2.09. The number of hydrogen-bond acceptors (Lipinski definition) is 4. The molecule has 4 heteroatoms. The molecule has 1 heterocycles. The van der Waals surface area contributed by atoms with Gasteiger partial charge < -0.3 is 14.9 Å². The lowest BCUT2D eigenvalue weighted by molar-refractivity contribution is -0.152. The third-order valence-corrected chi connectivity index (χ3v) is 0.585. The van der Waals surface area contributed by atoms with Crippen molar-refractivity contribution in [1.82, 2.24) is 0 Å². The second-order valence-electron chi connectivity index (χ2n) is 1.04. The highest BCUT2D eigenvalue weighted by molar-refractivity contribution is 5.91. The Bertz CT molecular complexity index is 145. The third kappa shape index (κ3) is 0.325. The lowest BCUT2D eigenvalue weighted by atomic mass is 10.4. The molecular formula is C3H2O4. The van der Waals surface area contributed by atoms with Crippen LogP contribution >= 0.6 is 0 Å². The summed E-state index contributed by atoms with van der Waals surface area (Å²) in [7, 11) is 0. The number of esters is 1. The van der Waals surface area contributed by atoms with Crippen LogP contribution in [-0.2, 0) is 9.53 Å². The first kappa shape index (κ1) is 3.98. The van der Waals surface area contributed by atoms with Crippen LogP contribution in [-0.4, -0.2) is 16.2 Å². The topological polar surface area (TPSA) is 66.8 Å². The predicted octanol–water partition coefficient (Wildman–Crippen LogP) is -0.172. The smallest absolute Gasteiger partial charge is 0.388 e. The molecule has 1 rings (SSSR count). The Morgan fingerprint density at radius 1 is 1.43 bits per heavy atom. The first-order valence-corrected chi connectivity index (χ1v) is 1.56. The first-order chi connectivity index (χ1) is 3.22. The van der Waals surface area contributed by atoms with Crippen LogP contribution in [0.1, 0.15) is 0 Å². The minimum absolute atomic E-state index is 0.690. The zero-order valence-corrected chi connectivity index (χ0v) is 3.21. The maximum atomic E-state index is 9.75. The molecule has 0 aromatic heterocycles. The summed E-state index contributed by atoms with van der Waals surface area (Å²) in [6.45, 7) is 0. The van der Waals surface area contributed by atoms with E-state index >= 15 is 0 Å². The average molecular weight is 102 g/mol. The lowest BCUT2D eigenvalue weighted by Crippen LogP contribution is -2.20. The summed E-state index contributed by atoms with van der Waals surface area (Å²) in [6.07, 6.45) is 0. The van der Waals surface area contributed by atoms with Crippen LogP contribution in [0.5, 0.6) is 0 Å². The normalized spacial score (nSPS) is 18.6. The summed E-state index contributed by atoms with van der Waals surface area (Å²) < 4.78 is 3.80. The number of rotatable bonds is 0. The molecule has 4 nitrogen and oxygen atoms in total. The molecule has 0 saturated carbocycles. The van der Waals surface area contributed by atoms with Crippen LogP contribution in [0.25, 0.3) is 0 Å². The van der Waals surface area contributed by atoms with Crippen molar-refractivity contribution in [3.63, 3.8) is 0 Å². The molecule has 0 spiro atoms. The molecule has 38 valence electrons. The van der Waals surface area contributed by atoms with E-state index in [1.807, 2.05) is 0 Å². The molecule has 0 aromatic carbocycles. The van der Waals surface area contributed by atoms with Crippen LogP contribution < -0.4 is 0 Å². The molecule has 0 radical (unpaired) electrons. The van der Waals surface area contributed by atoms with Crippen molar-refractivity contribution in [3.05, 3.63) is 11.7 Å². The average Bonchev–Trinajstić information content (AvgIpc) is 1.68. The molecule has 0 bridgehead atoms. The summed E-state index contributed by atoms with van der Waals surface area (Å²) in [4.78, 5) is 9.75. The summed E-state index contributed by atoms with van der Waals surface area (Å²) in [5, 5.41) is 16.2. The monoisotopic (exact) mass is 102 g/mol. The number of cyclic esters (lactones) is 1. The van der Waals surface area contributed by atoms with Crippen molar-refractivity contribution in [2.45, 2.75) is 0 Å². The standard InChI is InChI=1S/C3H2O4/c4-1-2(5)7-3(1)6/h4-5H. The zero-order valence-electron chi connectivity index (χ0n) is 3.21. The molecule has 0 aromatic rings. The highest BCUT2D eigenvalue weighted by atomic mass is 16.7. The van der Waals surface area contributed by atoms with Crippen LogP contribution in [0, 0.1) is 0 Å². The van der Waals surface area contributed by atoms with Gasteiger partial charge in [0, 0.05) is 0 Å². The van der Waals surface area contributed by atoms with E-state index in [0.29, 0.717) is 0 Å². The van der Waals surface area contributed by atoms with E-state index in [9.17, 15) is 4.79 Å². The highest BCUT2D eigenvalue weighted by Gasteiger charge is 2.29. The fourth-order valence-corrected chi connectivity index (χ4v) is 0.225. The minimum atomic E-state index is -0.877. The van der Waals surface area contributed by atoms with Crippen LogP contribution in [0.4, 0.5) is 0 Å². The van der Waals surface area contributed by atoms with E-state index in [4.69, 9.17) is 10.2 Å². The Kier molecular flexibility index (Phi) is 0.512. The number of carbonyl (C=O) groups is 1. The molecule has 2 N–H and O–H groups in total. The van der Waals surface area contributed by atoms with Crippen LogP contribution in [0.2, 0.25) is 0 Å². The van der Waals surface area contributed by atoms with Crippen molar-refractivity contribution < 1.29 is 19.7 Å². The van der Waals surface area contributed by atoms with Crippen molar-refractivity contribution in [2.24, 2.45) is 0 Å². The molecule has 0 atom stereocenters. The Morgan fingerprint density at radius 2 is 2.00 bits per heavy atom. The second-order valence-corrected chi connectivity index (χ2v) is 1.04. The van der Waals surface area contributed by atoms with E-state index in [2.05, 4.69) is 4.74 Å². The maximum Gasteiger partial charge on any atom is 0.388 e. The molecule has 0 saturated heterocycles. The second kappa shape index (κ2) is 0.900. The summed E-state index contributed by atoms with van der Waals surface area (Å²) in [5.74, 6) is -2.26.